The monoisotopic (exact) mass is 394 g/mol. The maximum Gasteiger partial charge on any atom is 0.324 e. The van der Waals surface area contributed by atoms with Crippen molar-refractivity contribution < 1.29 is 19.5 Å². The number of hydrogen-bond donors (Lipinski definition) is 1. The number of hydrogen-bond acceptors (Lipinski definition) is 3. The van der Waals surface area contributed by atoms with Crippen molar-refractivity contribution in [2.75, 3.05) is 0 Å². The van der Waals surface area contributed by atoms with Crippen LogP contribution in [0.2, 0.25) is 0 Å². The molecule has 0 spiro atoms. The van der Waals surface area contributed by atoms with Gasteiger partial charge in [0.15, 0.2) is 17.0 Å². The molecule has 4 heteroatoms. The van der Waals surface area contributed by atoms with E-state index in [9.17, 15) is 19.5 Å². The Hall–Kier alpha value is -1.45. The van der Waals surface area contributed by atoms with E-state index in [1.165, 1.54) is 51.9 Å². The molecule has 0 aliphatic carbocycles. The predicted molar refractivity (Wildman–Crippen MR) is 115 cm³/mol. The molecule has 0 amide bonds. The van der Waals surface area contributed by atoms with Crippen molar-refractivity contribution in [1.82, 2.24) is 0 Å². The van der Waals surface area contributed by atoms with Gasteiger partial charge in [0.2, 0.25) is 0 Å². The van der Waals surface area contributed by atoms with Crippen LogP contribution in [0.1, 0.15) is 117 Å². The molecule has 0 aliphatic heterocycles. The fourth-order valence-corrected chi connectivity index (χ4v) is 3.63. The molecule has 0 bridgehead atoms. The third-order valence-corrected chi connectivity index (χ3v) is 5.64. The van der Waals surface area contributed by atoms with Crippen LogP contribution in [0.25, 0.3) is 0 Å². The molecular weight excluding hydrogens is 352 g/mol. The van der Waals surface area contributed by atoms with E-state index >= 15 is 0 Å². The molecule has 1 unspecified atom stereocenters. The van der Waals surface area contributed by atoms with E-state index in [0.717, 1.165) is 32.1 Å². The highest BCUT2D eigenvalue weighted by Crippen LogP contribution is 2.28. The van der Waals surface area contributed by atoms with E-state index in [1.807, 2.05) is 0 Å². The lowest BCUT2D eigenvalue weighted by molar-refractivity contribution is -0.159. The molecule has 0 aliphatic rings. The first-order chi connectivity index (χ1) is 13.4. The Morgan fingerprint density at radius 1 is 0.750 bits per heavy atom. The van der Waals surface area contributed by atoms with Gasteiger partial charge in [-0.1, -0.05) is 77.4 Å². The minimum Gasteiger partial charge on any atom is -0.480 e. The van der Waals surface area contributed by atoms with Crippen molar-refractivity contribution in [1.29, 1.82) is 0 Å². The fraction of sp³-hybridized carbons (Fsp3) is 0.792. The van der Waals surface area contributed by atoms with Crippen LogP contribution in [0, 0.1) is 5.41 Å². The summed E-state index contributed by atoms with van der Waals surface area (Å²) in [5.41, 5.74) is -1.83. The van der Waals surface area contributed by atoms with Gasteiger partial charge in [-0.15, -0.1) is 0 Å². The molecule has 0 aromatic rings. The summed E-state index contributed by atoms with van der Waals surface area (Å²) in [5, 5.41) is 9.34. The van der Waals surface area contributed by atoms with Crippen LogP contribution in [0.4, 0.5) is 0 Å². The number of allylic oxidation sites excluding steroid dienone is 2. The highest BCUT2D eigenvalue weighted by Gasteiger charge is 2.48. The number of aliphatic carboxylic acids is 1. The van der Waals surface area contributed by atoms with E-state index in [4.69, 9.17) is 0 Å². The summed E-state index contributed by atoms with van der Waals surface area (Å²) in [6, 6.07) is 0. The van der Waals surface area contributed by atoms with Crippen molar-refractivity contribution in [2.45, 2.75) is 117 Å². The van der Waals surface area contributed by atoms with Gasteiger partial charge in [-0.3, -0.25) is 14.4 Å². The second kappa shape index (κ2) is 16.5. The molecule has 0 fully saturated rings. The Morgan fingerprint density at radius 3 is 1.64 bits per heavy atom. The third kappa shape index (κ3) is 10.2. The zero-order valence-electron chi connectivity index (χ0n) is 18.4. The van der Waals surface area contributed by atoms with E-state index < -0.39 is 23.0 Å². The van der Waals surface area contributed by atoms with Crippen molar-refractivity contribution >= 4 is 17.5 Å². The molecule has 0 aromatic carbocycles. The largest absolute Gasteiger partial charge is 0.480 e. The molecular formula is C24H42O4. The number of carbonyl (C=O) groups is 3. The third-order valence-electron chi connectivity index (χ3n) is 5.64. The first-order valence-corrected chi connectivity index (χ1v) is 11.4. The molecule has 0 rings (SSSR count). The highest BCUT2D eigenvalue weighted by atomic mass is 16.4. The number of Topliss-reactive ketones (excluding diaryl/α,β-unsaturated/α-hetero) is 2. The van der Waals surface area contributed by atoms with E-state index in [0.29, 0.717) is 6.42 Å². The van der Waals surface area contributed by atoms with Gasteiger partial charge in [0.1, 0.15) is 0 Å². The predicted octanol–water partition coefficient (Wildman–Crippen LogP) is 6.66. The molecule has 28 heavy (non-hydrogen) atoms. The van der Waals surface area contributed by atoms with E-state index in [-0.39, 0.29) is 12.8 Å². The first-order valence-electron chi connectivity index (χ1n) is 11.4. The summed E-state index contributed by atoms with van der Waals surface area (Å²) < 4.78 is 0. The lowest BCUT2D eigenvalue weighted by Crippen LogP contribution is -2.44. The lowest BCUT2D eigenvalue weighted by Gasteiger charge is -2.23. The molecule has 0 saturated carbocycles. The van der Waals surface area contributed by atoms with Gasteiger partial charge in [-0.05, 0) is 45.4 Å². The quantitative estimate of drug-likeness (QED) is 0.151. The fourth-order valence-electron chi connectivity index (χ4n) is 3.63. The van der Waals surface area contributed by atoms with Crippen LogP contribution in [0.3, 0.4) is 0 Å². The van der Waals surface area contributed by atoms with Gasteiger partial charge in [-0.2, -0.15) is 0 Å². The second-order valence-electron chi connectivity index (χ2n) is 7.88. The van der Waals surface area contributed by atoms with Crippen LogP contribution >= 0.6 is 0 Å². The smallest absolute Gasteiger partial charge is 0.324 e. The van der Waals surface area contributed by atoms with Gasteiger partial charge >= 0.3 is 5.97 Å². The molecule has 0 aromatic heterocycles. The Kier molecular flexibility index (Phi) is 15.6. The minimum atomic E-state index is -1.83. The van der Waals surface area contributed by atoms with Gasteiger partial charge in [-0.25, -0.2) is 0 Å². The molecule has 4 nitrogen and oxygen atoms in total. The first kappa shape index (κ1) is 26.6. The summed E-state index contributed by atoms with van der Waals surface area (Å²) in [7, 11) is 0. The van der Waals surface area contributed by atoms with Crippen LogP contribution < -0.4 is 0 Å². The number of rotatable bonds is 19. The Bertz CT molecular complexity index is 465. The molecule has 1 N–H and O–H groups in total. The maximum absolute atomic E-state index is 12.3. The molecule has 0 radical (unpaired) electrons. The van der Waals surface area contributed by atoms with Gasteiger partial charge in [0, 0.05) is 6.42 Å². The summed E-state index contributed by atoms with van der Waals surface area (Å²) in [6.07, 6.45) is 20.0. The standard InChI is InChI=1S/C24H42O4/c1-4-6-7-8-9-10-11-12-13-14-15-16-17-18-19-20-22(26)24(5-2,21(3)25)23(27)28/h12-13H,4-11,14-20H2,1-3H3,(H,27,28)/b13-12-. The summed E-state index contributed by atoms with van der Waals surface area (Å²) in [6.45, 7) is 5.04. The lowest BCUT2D eigenvalue weighted by atomic mass is 9.75. The van der Waals surface area contributed by atoms with Crippen LogP contribution in [0.5, 0.6) is 0 Å². The molecule has 1 atom stereocenters. The van der Waals surface area contributed by atoms with Gasteiger partial charge in [0.05, 0.1) is 0 Å². The number of carbonyl (C=O) groups excluding carboxylic acids is 2. The summed E-state index contributed by atoms with van der Waals surface area (Å²) in [5.74, 6) is -2.30. The topological polar surface area (TPSA) is 71.4 Å². The Labute approximate surface area is 172 Å². The highest BCUT2D eigenvalue weighted by molar-refractivity contribution is 6.21. The summed E-state index contributed by atoms with van der Waals surface area (Å²) >= 11 is 0. The zero-order chi connectivity index (χ0) is 21.3. The van der Waals surface area contributed by atoms with Gasteiger partial charge < -0.3 is 5.11 Å². The summed E-state index contributed by atoms with van der Waals surface area (Å²) in [4.78, 5) is 35.5. The van der Waals surface area contributed by atoms with Gasteiger partial charge in [0.25, 0.3) is 0 Å². The van der Waals surface area contributed by atoms with Crippen molar-refractivity contribution in [3.8, 4) is 0 Å². The minimum absolute atomic E-state index is 0.0293. The van der Waals surface area contributed by atoms with Crippen LogP contribution in [0.15, 0.2) is 12.2 Å². The van der Waals surface area contributed by atoms with Crippen molar-refractivity contribution in [3.05, 3.63) is 12.2 Å². The maximum atomic E-state index is 12.3. The SMILES string of the molecule is CCCCCCCC/C=C\CCCCCCCC(=O)C(CC)(C(C)=O)C(=O)O. The number of carboxylic acid groups (broad SMARTS) is 1. The molecule has 0 saturated heterocycles. The Morgan fingerprint density at radius 2 is 1.21 bits per heavy atom. The van der Waals surface area contributed by atoms with E-state index in [1.54, 1.807) is 6.92 Å². The molecule has 0 heterocycles. The number of carboxylic acids is 1. The zero-order valence-corrected chi connectivity index (χ0v) is 18.4. The normalized spacial score (nSPS) is 13.5. The number of unbranched alkanes of at least 4 members (excludes halogenated alkanes) is 11. The average molecular weight is 395 g/mol. The van der Waals surface area contributed by atoms with Crippen molar-refractivity contribution in [2.24, 2.45) is 5.41 Å². The van der Waals surface area contributed by atoms with Crippen molar-refractivity contribution in [3.63, 3.8) is 0 Å². The second-order valence-corrected chi connectivity index (χ2v) is 7.88. The Balaban J connectivity index is 3.74. The molecule has 162 valence electrons. The average Bonchev–Trinajstić information content (AvgIpc) is 2.65. The van der Waals surface area contributed by atoms with Crippen LogP contribution in [-0.2, 0) is 14.4 Å². The van der Waals surface area contributed by atoms with E-state index in [2.05, 4.69) is 19.1 Å². The number of ketones is 2. The van der Waals surface area contributed by atoms with Crippen LogP contribution in [-0.4, -0.2) is 22.6 Å².